The van der Waals surface area contributed by atoms with E-state index < -0.39 is 26.5 Å². The molecule has 2 unspecified atom stereocenters. The van der Waals surface area contributed by atoms with Crippen LogP contribution in [0.2, 0.25) is 0 Å². The Morgan fingerprint density at radius 3 is 0.930 bits per heavy atom. The number of carbonyl (C=O) groups is 2. The summed E-state index contributed by atoms with van der Waals surface area (Å²) in [7, 11) is 1.45. The molecule has 10 heteroatoms. The number of likely N-dealkylation sites (N-methyl/N-ethyl adjacent to an activating group) is 1. The third kappa shape index (κ3) is 68.7. The van der Waals surface area contributed by atoms with Crippen molar-refractivity contribution in [2.75, 3.05) is 47.5 Å². The Morgan fingerprint density at radius 1 is 0.360 bits per heavy atom. The van der Waals surface area contributed by atoms with Crippen molar-refractivity contribution in [3.8, 4) is 0 Å². The lowest BCUT2D eigenvalue weighted by Gasteiger charge is -2.24. The van der Waals surface area contributed by atoms with Gasteiger partial charge in [-0.3, -0.25) is 18.6 Å². The largest absolute Gasteiger partial charge is 0.472 e. The molecule has 0 aliphatic rings. The van der Waals surface area contributed by atoms with Crippen molar-refractivity contribution in [1.29, 1.82) is 0 Å². The minimum Gasteiger partial charge on any atom is -0.462 e. The average molecular weight is 1210 g/mol. The first-order valence-electron chi connectivity index (χ1n) is 34.2. The number of phosphoric acid groups is 1. The Kier molecular flexibility index (Phi) is 61.8. The van der Waals surface area contributed by atoms with Gasteiger partial charge in [0, 0.05) is 12.8 Å². The number of quaternary nitrogens is 1. The predicted octanol–water partition coefficient (Wildman–Crippen LogP) is 22.4. The molecule has 1 N–H and O–H groups in total. The molecule has 0 spiro atoms. The first kappa shape index (κ1) is 81.6. The van der Waals surface area contributed by atoms with E-state index in [-0.39, 0.29) is 32.0 Å². The molecule has 0 radical (unpaired) electrons. The minimum absolute atomic E-state index is 0.0223. The fraction of sp³-hybridized carbons (Fsp3) is 0.632. The number of ether oxygens (including phenoxy) is 2. The quantitative estimate of drug-likeness (QED) is 0.0211. The first-order valence-corrected chi connectivity index (χ1v) is 35.7. The van der Waals surface area contributed by atoms with Crippen molar-refractivity contribution in [1.82, 2.24) is 0 Å². The van der Waals surface area contributed by atoms with E-state index in [9.17, 15) is 19.0 Å². The van der Waals surface area contributed by atoms with Crippen LogP contribution >= 0.6 is 7.82 Å². The third-order valence-electron chi connectivity index (χ3n) is 14.1. The molecule has 0 aromatic rings. The highest BCUT2D eigenvalue weighted by atomic mass is 31.2. The van der Waals surface area contributed by atoms with E-state index in [1.165, 1.54) is 96.3 Å². The summed E-state index contributed by atoms with van der Waals surface area (Å²) in [5.41, 5.74) is 0. The molecule has 0 heterocycles. The normalized spacial score (nSPS) is 14.2. The van der Waals surface area contributed by atoms with Crippen LogP contribution in [0.4, 0.5) is 0 Å². The van der Waals surface area contributed by atoms with Gasteiger partial charge in [0.1, 0.15) is 19.8 Å². The van der Waals surface area contributed by atoms with Gasteiger partial charge in [0.25, 0.3) is 0 Å². The van der Waals surface area contributed by atoms with Crippen LogP contribution in [0.15, 0.2) is 158 Å². The highest BCUT2D eigenvalue weighted by Crippen LogP contribution is 2.43. The highest BCUT2D eigenvalue weighted by molar-refractivity contribution is 7.47. The van der Waals surface area contributed by atoms with Crippen molar-refractivity contribution in [3.05, 3.63) is 158 Å². The van der Waals surface area contributed by atoms with Crippen LogP contribution in [0, 0.1) is 0 Å². The van der Waals surface area contributed by atoms with E-state index in [1.54, 1.807) is 0 Å². The molecule has 0 aromatic carbocycles. The molecule has 0 aliphatic heterocycles. The molecule has 0 fully saturated rings. The monoisotopic (exact) mass is 1210 g/mol. The maximum absolute atomic E-state index is 12.9. The summed E-state index contributed by atoms with van der Waals surface area (Å²) in [6, 6.07) is 0. The van der Waals surface area contributed by atoms with Crippen LogP contribution in [0.1, 0.15) is 258 Å². The van der Waals surface area contributed by atoms with Gasteiger partial charge in [0.15, 0.2) is 6.10 Å². The van der Waals surface area contributed by atoms with Gasteiger partial charge in [0.2, 0.25) is 0 Å². The van der Waals surface area contributed by atoms with Crippen LogP contribution in [0.25, 0.3) is 0 Å². The molecule has 0 aromatic heterocycles. The standard InChI is InChI=1S/C76H126NO8P/c1-6-8-10-12-14-16-18-20-22-24-26-28-30-32-34-36-38-40-42-44-46-48-50-52-54-56-58-60-62-64-66-68-75(78)82-72-74(73-84-86(80,81)83-71-70-77(3,4)5)85-76(79)69-67-65-63-61-59-57-55-53-51-49-47-45-43-41-39-37-35-33-31-29-27-25-23-21-19-17-15-13-11-9-7-2/h8-11,14-17,20-23,26-29,32-35,38-41,45,47,74H,6-7,12-13,18-19,24-25,30-31,36-37,42-44,46,48-73H2,1-5H3/p+1/b10-8-,11-9-,16-14-,17-15-,22-20-,23-21-,28-26-,29-27-,34-32-,35-33-,40-38-,41-39-,47-45-. The zero-order chi connectivity index (χ0) is 62.6. The number of allylic oxidation sites excluding steroid dienone is 26. The third-order valence-corrected chi connectivity index (χ3v) is 15.0. The van der Waals surface area contributed by atoms with Gasteiger partial charge in [-0.1, -0.05) is 281 Å². The number of esters is 2. The Hall–Kier alpha value is -4.37. The Balaban J connectivity index is 4.14. The summed E-state index contributed by atoms with van der Waals surface area (Å²) >= 11 is 0. The number of hydrogen-bond donors (Lipinski definition) is 1. The van der Waals surface area contributed by atoms with Crippen molar-refractivity contribution >= 4 is 19.8 Å². The van der Waals surface area contributed by atoms with Gasteiger partial charge in [-0.15, -0.1) is 0 Å². The Bertz CT molecular complexity index is 2010. The smallest absolute Gasteiger partial charge is 0.462 e. The number of hydrogen-bond acceptors (Lipinski definition) is 7. The molecule has 0 bridgehead atoms. The molecule has 2 atom stereocenters. The van der Waals surface area contributed by atoms with Crippen LogP contribution in [-0.2, 0) is 32.7 Å². The lowest BCUT2D eigenvalue weighted by molar-refractivity contribution is -0.870. The Labute approximate surface area is 528 Å². The maximum Gasteiger partial charge on any atom is 0.472 e. The summed E-state index contributed by atoms with van der Waals surface area (Å²) in [5, 5.41) is 0. The molecule has 9 nitrogen and oxygen atoms in total. The van der Waals surface area contributed by atoms with Gasteiger partial charge >= 0.3 is 19.8 Å². The van der Waals surface area contributed by atoms with Crippen LogP contribution in [-0.4, -0.2) is 74.9 Å². The molecule has 488 valence electrons. The zero-order valence-corrected chi connectivity index (χ0v) is 56.4. The van der Waals surface area contributed by atoms with Gasteiger partial charge < -0.3 is 18.9 Å². The lowest BCUT2D eigenvalue weighted by Crippen LogP contribution is -2.37. The summed E-state index contributed by atoms with van der Waals surface area (Å²) in [6.45, 7) is 4.19. The van der Waals surface area contributed by atoms with E-state index >= 15 is 0 Å². The molecular formula is C76H127NO8P+. The van der Waals surface area contributed by atoms with Crippen molar-refractivity contribution < 1.29 is 42.1 Å². The molecule has 86 heavy (non-hydrogen) atoms. The summed E-state index contributed by atoms with van der Waals surface area (Å²) in [4.78, 5) is 35.9. The number of rotatable bonds is 61. The Morgan fingerprint density at radius 2 is 0.628 bits per heavy atom. The minimum atomic E-state index is -4.41. The van der Waals surface area contributed by atoms with Crippen molar-refractivity contribution in [2.45, 2.75) is 264 Å². The van der Waals surface area contributed by atoms with Gasteiger partial charge in [-0.05, 0) is 122 Å². The number of nitrogens with zero attached hydrogens (tertiary/aromatic N) is 1. The number of phosphoric ester groups is 1. The predicted molar refractivity (Wildman–Crippen MR) is 371 cm³/mol. The fourth-order valence-electron chi connectivity index (χ4n) is 8.88. The van der Waals surface area contributed by atoms with E-state index in [4.69, 9.17) is 18.5 Å². The van der Waals surface area contributed by atoms with E-state index in [2.05, 4.69) is 172 Å². The molecular weight excluding hydrogens is 1090 g/mol. The molecule has 0 aliphatic carbocycles. The molecule has 0 rings (SSSR count). The van der Waals surface area contributed by atoms with E-state index in [0.717, 1.165) is 128 Å². The van der Waals surface area contributed by atoms with E-state index in [0.29, 0.717) is 17.4 Å². The second kappa shape index (κ2) is 65.1. The second-order valence-electron chi connectivity index (χ2n) is 23.4. The van der Waals surface area contributed by atoms with Gasteiger partial charge in [-0.2, -0.15) is 0 Å². The molecule has 0 saturated heterocycles. The number of carbonyl (C=O) groups excluding carboxylic acids is 2. The first-order chi connectivity index (χ1) is 42.0. The lowest BCUT2D eigenvalue weighted by atomic mass is 10.0. The second-order valence-corrected chi connectivity index (χ2v) is 24.9. The van der Waals surface area contributed by atoms with Crippen LogP contribution in [0.5, 0.6) is 0 Å². The summed E-state index contributed by atoms with van der Waals surface area (Å²) in [5.74, 6) is -0.813. The van der Waals surface area contributed by atoms with Crippen molar-refractivity contribution in [3.63, 3.8) is 0 Å². The number of unbranched alkanes of at least 4 members (excludes halogenated alkanes) is 21. The molecule has 0 saturated carbocycles. The van der Waals surface area contributed by atoms with Crippen LogP contribution in [0.3, 0.4) is 0 Å². The highest BCUT2D eigenvalue weighted by Gasteiger charge is 2.27. The summed E-state index contributed by atoms with van der Waals surface area (Å²) in [6.07, 6.45) is 97.6. The average Bonchev–Trinajstić information content (AvgIpc) is 3.56. The SMILES string of the molecule is CC/C=C\C/C=C\C/C=C\C/C=C\C/C=C\C/C=C\C/C=C\CCCCCCCCCCCC(=O)OC(COC(=O)CCCCCCCCCCCCCC/C=C\C/C=C\C/C=C\C/C=C\C/C=C\C/C=C\CC)COP(=O)(O)OCC[N+](C)(C)C. The summed E-state index contributed by atoms with van der Waals surface area (Å²) < 4.78 is 34.7. The fourth-order valence-corrected chi connectivity index (χ4v) is 9.62. The van der Waals surface area contributed by atoms with Crippen molar-refractivity contribution in [2.24, 2.45) is 0 Å². The van der Waals surface area contributed by atoms with Gasteiger partial charge in [0.05, 0.1) is 27.7 Å². The topological polar surface area (TPSA) is 108 Å². The maximum atomic E-state index is 12.9. The zero-order valence-electron chi connectivity index (χ0n) is 55.5. The van der Waals surface area contributed by atoms with Crippen LogP contribution < -0.4 is 0 Å². The van der Waals surface area contributed by atoms with Gasteiger partial charge in [-0.25, -0.2) is 4.57 Å². The van der Waals surface area contributed by atoms with E-state index in [1.807, 2.05) is 21.1 Å². The molecule has 0 amide bonds.